The summed E-state index contributed by atoms with van der Waals surface area (Å²) < 4.78 is 0. The predicted octanol–water partition coefficient (Wildman–Crippen LogP) is 3.90. The van der Waals surface area contributed by atoms with Crippen molar-refractivity contribution < 1.29 is 14.4 Å². The third-order valence-electron chi connectivity index (χ3n) is 9.68. The summed E-state index contributed by atoms with van der Waals surface area (Å²) in [5.74, 6) is 1.94. The molecule has 3 amide bonds. The van der Waals surface area contributed by atoms with Crippen molar-refractivity contribution in [2.75, 3.05) is 11.9 Å². The number of carbonyl (C=O) groups is 3. The van der Waals surface area contributed by atoms with Crippen LogP contribution < -0.4 is 5.32 Å². The molecule has 1 N–H and O–H groups in total. The molecule has 32 heavy (non-hydrogen) atoms. The van der Waals surface area contributed by atoms with Crippen molar-refractivity contribution in [1.82, 2.24) is 4.90 Å². The Hall–Kier alpha value is -2.43. The summed E-state index contributed by atoms with van der Waals surface area (Å²) >= 11 is 0. The number of hydrogen-bond acceptors (Lipinski definition) is 3. The molecule has 6 bridgehead atoms. The van der Waals surface area contributed by atoms with Crippen LogP contribution in [-0.4, -0.2) is 29.2 Å². The number of benzene rings is 1. The zero-order valence-corrected chi connectivity index (χ0v) is 18.3. The second-order valence-electron chi connectivity index (χ2n) is 11.6. The number of rotatable bonds is 4. The van der Waals surface area contributed by atoms with Crippen LogP contribution in [0.5, 0.6) is 0 Å². The number of amides is 3. The maximum absolute atomic E-state index is 12.8. The van der Waals surface area contributed by atoms with Gasteiger partial charge in [-0.2, -0.15) is 0 Å². The summed E-state index contributed by atoms with van der Waals surface area (Å²) in [6.45, 7) is -0.180. The molecule has 6 aliphatic carbocycles. The molecule has 1 aromatic carbocycles. The standard InChI is InChI=1S/C27H30N2O3/c30-22(14-29-25(31)23-18-1-2-19(10-18)24(23)26(29)32)28-21-5-3-20(4-6-21)27-11-15-7-16(12-27)9-17(8-15)13-27/h1-6,15-19,23-24H,7-14H2,(H,28,30)/t15?,16?,17?,18-,19-,23-,24-,27?/m0/s1. The third kappa shape index (κ3) is 2.66. The topological polar surface area (TPSA) is 66.5 Å². The van der Waals surface area contributed by atoms with Gasteiger partial charge in [-0.25, -0.2) is 0 Å². The fourth-order valence-corrected chi connectivity index (χ4v) is 8.84. The van der Waals surface area contributed by atoms with Gasteiger partial charge in [0.1, 0.15) is 6.54 Å². The average Bonchev–Trinajstić information content (AvgIpc) is 3.43. The van der Waals surface area contributed by atoms with Crippen molar-refractivity contribution in [3.8, 4) is 0 Å². The number of nitrogens with zero attached hydrogens (tertiary/aromatic N) is 1. The second kappa shape index (κ2) is 6.55. The lowest BCUT2D eigenvalue weighted by molar-refractivity contribution is -0.143. The SMILES string of the molecule is O=C(CN1C(=O)[C@@H]2[C@@H](C1=O)[C@H]1C=C[C@H]2C1)Nc1ccc(C23CC4CC(CC(C4)C2)C3)cc1. The second-order valence-corrected chi connectivity index (χ2v) is 11.6. The van der Waals surface area contributed by atoms with Gasteiger partial charge < -0.3 is 5.32 Å². The number of anilines is 1. The Kier molecular flexibility index (Phi) is 3.91. The van der Waals surface area contributed by atoms with Crippen LogP contribution in [0.15, 0.2) is 36.4 Å². The maximum atomic E-state index is 12.8. The van der Waals surface area contributed by atoms with Gasteiger partial charge in [-0.1, -0.05) is 24.3 Å². The zero-order chi connectivity index (χ0) is 21.6. The van der Waals surface area contributed by atoms with E-state index in [0.29, 0.717) is 5.41 Å². The highest BCUT2D eigenvalue weighted by molar-refractivity contribution is 6.09. The summed E-state index contributed by atoms with van der Waals surface area (Å²) in [5.41, 5.74) is 2.51. The van der Waals surface area contributed by atoms with Gasteiger partial charge in [-0.3, -0.25) is 19.3 Å². The number of allylic oxidation sites excluding steroid dienone is 2. The van der Waals surface area contributed by atoms with E-state index in [-0.39, 0.29) is 47.9 Å². The fourth-order valence-electron chi connectivity index (χ4n) is 8.84. The van der Waals surface area contributed by atoms with E-state index in [1.165, 1.54) is 49.0 Å². The van der Waals surface area contributed by atoms with Gasteiger partial charge in [0.05, 0.1) is 11.8 Å². The first kappa shape index (κ1) is 19.1. The molecule has 1 aliphatic heterocycles. The highest BCUT2D eigenvalue weighted by Gasteiger charge is 2.59. The predicted molar refractivity (Wildman–Crippen MR) is 119 cm³/mol. The smallest absolute Gasteiger partial charge is 0.244 e. The molecule has 5 saturated carbocycles. The number of likely N-dealkylation sites (tertiary alicyclic amines) is 1. The molecule has 7 aliphatic rings. The molecule has 0 aromatic heterocycles. The Morgan fingerprint density at radius 3 is 1.91 bits per heavy atom. The van der Waals surface area contributed by atoms with Gasteiger partial charge >= 0.3 is 0 Å². The van der Waals surface area contributed by atoms with E-state index in [9.17, 15) is 14.4 Å². The molecule has 0 radical (unpaired) electrons. The minimum absolute atomic E-state index is 0.163. The molecule has 1 saturated heterocycles. The molecule has 8 rings (SSSR count). The van der Waals surface area contributed by atoms with Crippen LogP contribution in [-0.2, 0) is 19.8 Å². The number of imide groups is 1. The first-order chi connectivity index (χ1) is 15.5. The van der Waals surface area contributed by atoms with Crippen LogP contribution >= 0.6 is 0 Å². The Labute approximate surface area is 188 Å². The Balaban J connectivity index is 1.03. The molecule has 0 spiro atoms. The van der Waals surface area contributed by atoms with E-state index in [0.717, 1.165) is 29.9 Å². The molecular weight excluding hydrogens is 400 g/mol. The van der Waals surface area contributed by atoms with Gasteiger partial charge in [0, 0.05) is 5.69 Å². The summed E-state index contributed by atoms with van der Waals surface area (Å²) in [6.07, 6.45) is 13.3. The monoisotopic (exact) mass is 430 g/mol. The average molecular weight is 431 g/mol. The van der Waals surface area contributed by atoms with Gasteiger partial charge in [0.15, 0.2) is 0 Å². The summed E-state index contributed by atoms with van der Waals surface area (Å²) in [6, 6.07) is 8.39. The number of nitrogens with one attached hydrogen (secondary N) is 1. The Morgan fingerprint density at radius 1 is 0.844 bits per heavy atom. The summed E-state index contributed by atoms with van der Waals surface area (Å²) in [5, 5.41) is 2.91. The minimum atomic E-state index is -0.297. The van der Waals surface area contributed by atoms with Crippen molar-refractivity contribution in [3.63, 3.8) is 0 Å². The number of carbonyl (C=O) groups excluding carboxylic acids is 3. The van der Waals surface area contributed by atoms with Crippen LogP contribution in [0.1, 0.15) is 50.5 Å². The van der Waals surface area contributed by atoms with Crippen LogP contribution in [0.3, 0.4) is 0 Å². The van der Waals surface area contributed by atoms with Gasteiger partial charge in [0.2, 0.25) is 17.7 Å². The Bertz CT molecular complexity index is 976. The molecule has 6 fully saturated rings. The summed E-state index contributed by atoms with van der Waals surface area (Å²) in [7, 11) is 0. The van der Waals surface area contributed by atoms with Gasteiger partial charge in [-0.15, -0.1) is 0 Å². The fraction of sp³-hybridized carbons (Fsp3) is 0.593. The normalized spacial score (nSPS) is 42.8. The van der Waals surface area contributed by atoms with Crippen molar-refractivity contribution >= 4 is 23.4 Å². The van der Waals surface area contributed by atoms with E-state index in [1.807, 2.05) is 12.1 Å². The van der Waals surface area contributed by atoms with Crippen LogP contribution in [0.4, 0.5) is 5.69 Å². The quantitative estimate of drug-likeness (QED) is 0.582. The molecule has 1 aromatic rings. The van der Waals surface area contributed by atoms with Crippen molar-refractivity contribution in [1.29, 1.82) is 0 Å². The lowest BCUT2D eigenvalue weighted by Gasteiger charge is -2.57. The van der Waals surface area contributed by atoms with Crippen LogP contribution in [0.2, 0.25) is 0 Å². The molecule has 0 unspecified atom stereocenters. The summed E-state index contributed by atoms with van der Waals surface area (Å²) in [4.78, 5) is 39.5. The van der Waals surface area contributed by atoms with E-state index in [1.54, 1.807) is 0 Å². The number of fused-ring (bicyclic) bond motifs is 5. The first-order valence-corrected chi connectivity index (χ1v) is 12.4. The van der Waals surface area contributed by atoms with E-state index >= 15 is 0 Å². The molecule has 1 heterocycles. The van der Waals surface area contributed by atoms with Gasteiger partial charge in [-0.05, 0) is 97.6 Å². The third-order valence-corrected chi connectivity index (χ3v) is 9.68. The van der Waals surface area contributed by atoms with Crippen molar-refractivity contribution in [3.05, 3.63) is 42.0 Å². The largest absolute Gasteiger partial charge is 0.325 e. The van der Waals surface area contributed by atoms with Gasteiger partial charge in [0.25, 0.3) is 0 Å². The van der Waals surface area contributed by atoms with Crippen LogP contribution in [0, 0.1) is 41.4 Å². The molecular formula is C27H30N2O3. The Morgan fingerprint density at radius 2 is 1.38 bits per heavy atom. The van der Waals surface area contributed by atoms with Crippen molar-refractivity contribution in [2.24, 2.45) is 41.4 Å². The van der Waals surface area contributed by atoms with E-state index in [4.69, 9.17) is 0 Å². The lowest BCUT2D eigenvalue weighted by Crippen LogP contribution is -2.48. The highest BCUT2D eigenvalue weighted by Crippen LogP contribution is 2.60. The first-order valence-electron chi connectivity index (χ1n) is 12.4. The minimum Gasteiger partial charge on any atom is -0.325 e. The maximum Gasteiger partial charge on any atom is 0.244 e. The molecule has 5 heteroatoms. The van der Waals surface area contributed by atoms with E-state index in [2.05, 4.69) is 29.6 Å². The molecule has 4 atom stereocenters. The number of hydrogen-bond donors (Lipinski definition) is 1. The molecule has 166 valence electrons. The van der Waals surface area contributed by atoms with Crippen LogP contribution in [0.25, 0.3) is 0 Å². The van der Waals surface area contributed by atoms with E-state index < -0.39 is 0 Å². The van der Waals surface area contributed by atoms with Crippen molar-refractivity contribution in [2.45, 2.75) is 50.4 Å². The zero-order valence-electron chi connectivity index (χ0n) is 18.3. The highest BCUT2D eigenvalue weighted by atomic mass is 16.2. The lowest BCUT2D eigenvalue weighted by atomic mass is 9.48. The molecule has 5 nitrogen and oxygen atoms in total.